The fourth-order valence-electron chi connectivity index (χ4n) is 2.18. The molecule has 0 bridgehead atoms. The Morgan fingerprint density at radius 2 is 2.14 bits per heavy atom. The molecule has 2 atom stereocenters. The minimum absolute atomic E-state index is 0.0977. The van der Waals surface area contributed by atoms with Crippen LogP contribution in [0.25, 0.3) is 0 Å². The predicted octanol–water partition coefficient (Wildman–Crippen LogP) is 1.32. The lowest BCUT2D eigenvalue weighted by molar-refractivity contribution is -0.0877. The van der Waals surface area contributed by atoms with Crippen LogP contribution in [0, 0.1) is 0 Å². The summed E-state index contributed by atoms with van der Waals surface area (Å²) in [6.45, 7) is 7.10. The van der Waals surface area contributed by atoms with Crippen molar-refractivity contribution in [1.82, 2.24) is 5.32 Å². The lowest BCUT2D eigenvalue weighted by Gasteiger charge is -2.41. The lowest BCUT2D eigenvalue weighted by atomic mass is 9.89. The van der Waals surface area contributed by atoms with Crippen LogP contribution < -0.4 is 5.32 Å². The molecule has 82 valence electrons. The van der Waals surface area contributed by atoms with E-state index in [2.05, 4.69) is 19.2 Å². The number of hydrogen-bond acceptors (Lipinski definition) is 3. The molecule has 0 amide bonds. The summed E-state index contributed by atoms with van der Waals surface area (Å²) in [5.74, 6) is 0. The summed E-state index contributed by atoms with van der Waals surface area (Å²) in [6, 6.07) is 1.22. The molecule has 0 aromatic carbocycles. The zero-order valence-corrected chi connectivity index (χ0v) is 9.21. The highest BCUT2D eigenvalue weighted by Crippen LogP contribution is 2.28. The van der Waals surface area contributed by atoms with Gasteiger partial charge in [-0.2, -0.15) is 0 Å². The molecule has 0 aliphatic carbocycles. The molecule has 1 N–H and O–H groups in total. The highest BCUT2D eigenvalue weighted by atomic mass is 16.5. The average molecular weight is 199 g/mol. The lowest BCUT2D eigenvalue weighted by Crippen LogP contribution is -2.54. The first kappa shape index (κ1) is 10.4. The van der Waals surface area contributed by atoms with Crippen molar-refractivity contribution in [3.63, 3.8) is 0 Å². The Balaban J connectivity index is 1.80. The van der Waals surface area contributed by atoms with Gasteiger partial charge >= 0.3 is 0 Å². The van der Waals surface area contributed by atoms with Crippen LogP contribution in [0.15, 0.2) is 0 Å². The molecular formula is C11H21NO2. The van der Waals surface area contributed by atoms with E-state index in [-0.39, 0.29) is 5.60 Å². The maximum atomic E-state index is 5.81. The van der Waals surface area contributed by atoms with Crippen LogP contribution in [0.1, 0.15) is 33.1 Å². The summed E-state index contributed by atoms with van der Waals surface area (Å²) < 4.78 is 11.0. The molecule has 2 aliphatic heterocycles. The first-order chi connectivity index (χ1) is 6.72. The molecular weight excluding hydrogens is 178 g/mol. The van der Waals surface area contributed by atoms with Gasteiger partial charge in [-0.05, 0) is 26.2 Å². The van der Waals surface area contributed by atoms with Gasteiger partial charge in [0.05, 0.1) is 24.9 Å². The molecule has 2 aliphatic rings. The van der Waals surface area contributed by atoms with E-state index in [1.54, 1.807) is 0 Å². The first-order valence-electron chi connectivity index (χ1n) is 5.69. The SMILES string of the molecule is CCC1(C)CC(NC2COC2)CCO1. The topological polar surface area (TPSA) is 30.5 Å². The number of ether oxygens (including phenoxy) is 2. The largest absolute Gasteiger partial charge is 0.378 e. The van der Waals surface area contributed by atoms with Gasteiger partial charge in [0.25, 0.3) is 0 Å². The van der Waals surface area contributed by atoms with Gasteiger partial charge in [-0.25, -0.2) is 0 Å². The van der Waals surface area contributed by atoms with Crippen molar-refractivity contribution in [1.29, 1.82) is 0 Å². The van der Waals surface area contributed by atoms with Crippen molar-refractivity contribution in [3.05, 3.63) is 0 Å². The summed E-state index contributed by atoms with van der Waals surface area (Å²) >= 11 is 0. The molecule has 2 heterocycles. The number of nitrogens with one attached hydrogen (secondary N) is 1. The van der Waals surface area contributed by atoms with E-state index in [1.807, 2.05) is 0 Å². The van der Waals surface area contributed by atoms with E-state index in [0.29, 0.717) is 12.1 Å². The molecule has 14 heavy (non-hydrogen) atoms. The Morgan fingerprint density at radius 1 is 1.36 bits per heavy atom. The normalized spacial score (nSPS) is 39.4. The Kier molecular flexibility index (Phi) is 3.10. The van der Waals surface area contributed by atoms with Gasteiger partial charge in [0.1, 0.15) is 0 Å². The first-order valence-corrected chi connectivity index (χ1v) is 5.69. The van der Waals surface area contributed by atoms with Crippen molar-refractivity contribution < 1.29 is 9.47 Å². The Hall–Kier alpha value is -0.120. The molecule has 0 aromatic rings. The zero-order chi connectivity index (χ0) is 10.0. The Labute approximate surface area is 86.2 Å². The van der Waals surface area contributed by atoms with Crippen LogP contribution in [0.5, 0.6) is 0 Å². The fraction of sp³-hybridized carbons (Fsp3) is 1.00. The smallest absolute Gasteiger partial charge is 0.0666 e. The highest BCUT2D eigenvalue weighted by molar-refractivity contribution is 4.88. The van der Waals surface area contributed by atoms with Crippen molar-refractivity contribution in [3.8, 4) is 0 Å². The van der Waals surface area contributed by atoms with Crippen LogP contribution in [-0.4, -0.2) is 37.5 Å². The third-order valence-electron chi connectivity index (χ3n) is 3.45. The molecule has 2 saturated heterocycles. The van der Waals surface area contributed by atoms with Crippen molar-refractivity contribution >= 4 is 0 Å². The van der Waals surface area contributed by atoms with Gasteiger partial charge in [-0.15, -0.1) is 0 Å². The standard InChI is InChI=1S/C11H21NO2/c1-3-11(2)6-9(4-5-14-11)12-10-7-13-8-10/h9-10,12H,3-8H2,1-2H3. The third-order valence-corrected chi connectivity index (χ3v) is 3.45. The van der Waals surface area contributed by atoms with Crippen LogP contribution in [0.3, 0.4) is 0 Å². The van der Waals surface area contributed by atoms with Gasteiger partial charge in [-0.3, -0.25) is 0 Å². The number of rotatable bonds is 3. The molecule has 0 radical (unpaired) electrons. The maximum absolute atomic E-state index is 5.81. The molecule has 3 heteroatoms. The van der Waals surface area contributed by atoms with Gasteiger partial charge in [0, 0.05) is 12.6 Å². The minimum atomic E-state index is 0.0977. The third kappa shape index (κ3) is 2.27. The van der Waals surface area contributed by atoms with E-state index in [0.717, 1.165) is 39.1 Å². The Morgan fingerprint density at radius 3 is 2.71 bits per heavy atom. The second kappa shape index (κ2) is 4.17. The molecule has 3 nitrogen and oxygen atoms in total. The highest BCUT2D eigenvalue weighted by Gasteiger charge is 2.33. The summed E-state index contributed by atoms with van der Waals surface area (Å²) in [4.78, 5) is 0. The molecule has 2 unspecified atom stereocenters. The van der Waals surface area contributed by atoms with E-state index in [1.165, 1.54) is 0 Å². The predicted molar refractivity (Wildman–Crippen MR) is 55.4 cm³/mol. The van der Waals surface area contributed by atoms with Crippen LogP contribution >= 0.6 is 0 Å². The van der Waals surface area contributed by atoms with Crippen molar-refractivity contribution in [2.75, 3.05) is 19.8 Å². The van der Waals surface area contributed by atoms with E-state index in [4.69, 9.17) is 9.47 Å². The van der Waals surface area contributed by atoms with Crippen LogP contribution in [-0.2, 0) is 9.47 Å². The number of hydrogen-bond donors (Lipinski definition) is 1. The summed E-state index contributed by atoms with van der Waals surface area (Å²) in [7, 11) is 0. The molecule has 2 fully saturated rings. The minimum Gasteiger partial charge on any atom is -0.378 e. The summed E-state index contributed by atoms with van der Waals surface area (Å²) in [6.07, 6.45) is 3.39. The van der Waals surface area contributed by atoms with E-state index in [9.17, 15) is 0 Å². The molecule has 0 aromatic heterocycles. The molecule has 0 saturated carbocycles. The monoisotopic (exact) mass is 199 g/mol. The van der Waals surface area contributed by atoms with Crippen molar-refractivity contribution in [2.24, 2.45) is 0 Å². The average Bonchev–Trinajstić information content (AvgIpc) is 2.12. The van der Waals surface area contributed by atoms with Gasteiger partial charge in [-0.1, -0.05) is 6.92 Å². The van der Waals surface area contributed by atoms with Crippen LogP contribution in [0.4, 0.5) is 0 Å². The van der Waals surface area contributed by atoms with Crippen LogP contribution in [0.2, 0.25) is 0 Å². The Bertz CT molecular complexity index is 194. The molecule has 2 rings (SSSR count). The maximum Gasteiger partial charge on any atom is 0.0666 e. The quantitative estimate of drug-likeness (QED) is 0.743. The fourth-order valence-corrected chi connectivity index (χ4v) is 2.18. The summed E-state index contributed by atoms with van der Waals surface area (Å²) in [5.41, 5.74) is 0.0977. The van der Waals surface area contributed by atoms with E-state index < -0.39 is 0 Å². The zero-order valence-electron chi connectivity index (χ0n) is 9.21. The van der Waals surface area contributed by atoms with Gasteiger partial charge in [0.2, 0.25) is 0 Å². The molecule has 0 spiro atoms. The van der Waals surface area contributed by atoms with Gasteiger partial charge in [0.15, 0.2) is 0 Å². The second-order valence-corrected chi connectivity index (χ2v) is 4.74. The van der Waals surface area contributed by atoms with Crippen molar-refractivity contribution in [2.45, 2.75) is 50.8 Å². The van der Waals surface area contributed by atoms with E-state index >= 15 is 0 Å². The second-order valence-electron chi connectivity index (χ2n) is 4.74. The van der Waals surface area contributed by atoms with Gasteiger partial charge < -0.3 is 14.8 Å². The summed E-state index contributed by atoms with van der Waals surface area (Å²) in [5, 5.41) is 3.64.